The molecule has 0 aromatic heterocycles. The highest BCUT2D eigenvalue weighted by Crippen LogP contribution is 2.23. The van der Waals surface area contributed by atoms with Crippen molar-refractivity contribution in [3.05, 3.63) is 0 Å². The van der Waals surface area contributed by atoms with Crippen molar-refractivity contribution in [1.82, 2.24) is 5.32 Å². The summed E-state index contributed by atoms with van der Waals surface area (Å²) in [7, 11) is 0. The van der Waals surface area contributed by atoms with Gasteiger partial charge in [0, 0.05) is 32.1 Å². The summed E-state index contributed by atoms with van der Waals surface area (Å²) in [6.45, 7) is 0.246. The molecule has 0 aliphatic carbocycles. The molecular formula is C8H17Cl2F2N3O2. The molecule has 104 valence electrons. The summed E-state index contributed by atoms with van der Waals surface area (Å²) < 4.78 is 26.0. The average molecular weight is 296 g/mol. The van der Waals surface area contributed by atoms with E-state index in [2.05, 4.69) is 5.32 Å². The number of nitrogens with one attached hydrogen (secondary N) is 2. The van der Waals surface area contributed by atoms with Gasteiger partial charge in [-0.2, -0.15) is 0 Å². The second-order valence-corrected chi connectivity index (χ2v) is 3.16. The van der Waals surface area contributed by atoms with Crippen LogP contribution >= 0.6 is 24.8 Å². The van der Waals surface area contributed by atoms with Gasteiger partial charge >= 0.3 is 5.97 Å². The number of carboxylic acid groups (broad SMARTS) is 1. The molecule has 0 heterocycles. The minimum absolute atomic E-state index is 0. The van der Waals surface area contributed by atoms with E-state index in [0.29, 0.717) is 0 Å². The van der Waals surface area contributed by atoms with Crippen molar-refractivity contribution in [2.75, 3.05) is 13.1 Å². The molecule has 17 heavy (non-hydrogen) atoms. The first-order valence-corrected chi connectivity index (χ1v) is 4.45. The van der Waals surface area contributed by atoms with Crippen molar-refractivity contribution < 1.29 is 18.7 Å². The predicted octanol–water partition coefficient (Wildman–Crippen LogP) is 0.897. The van der Waals surface area contributed by atoms with Crippen molar-refractivity contribution >= 4 is 37.0 Å². The summed E-state index contributed by atoms with van der Waals surface area (Å²) in [5.74, 6) is -4.52. The van der Waals surface area contributed by atoms with E-state index in [1.807, 2.05) is 0 Å². The number of nitrogens with two attached hydrogens (primary N) is 1. The molecule has 0 saturated heterocycles. The summed E-state index contributed by atoms with van der Waals surface area (Å²) in [4.78, 5) is 10.2. The lowest BCUT2D eigenvalue weighted by Gasteiger charge is -2.18. The topological polar surface area (TPSA) is 99.2 Å². The first-order valence-electron chi connectivity index (χ1n) is 4.45. The fourth-order valence-electron chi connectivity index (χ4n) is 0.957. The number of hydrogen-bond donors (Lipinski definition) is 4. The standard InChI is InChI=1S/C8H15F2N3O2.2ClH/c9-8(10,1-3-13-4-2-11)5-6(12)7(14)15;;/h2,6,11,13H,1,3-5,12H2,(H,14,15);2*1H/t6-;;/m0../s1. The molecule has 0 aromatic rings. The molecule has 0 rings (SSSR count). The zero-order chi connectivity index (χ0) is 11.9. The first kappa shape index (κ1) is 21.8. The molecule has 5 N–H and O–H groups in total. The largest absolute Gasteiger partial charge is 0.480 e. The Labute approximate surface area is 110 Å². The number of carbonyl (C=O) groups is 1. The van der Waals surface area contributed by atoms with Crippen LogP contribution in [0.1, 0.15) is 12.8 Å². The smallest absolute Gasteiger partial charge is 0.320 e. The van der Waals surface area contributed by atoms with Crippen molar-refractivity contribution in [1.29, 1.82) is 5.41 Å². The van der Waals surface area contributed by atoms with Crippen LogP contribution in [0.3, 0.4) is 0 Å². The Bertz CT molecular complexity index is 233. The fraction of sp³-hybridized carbons (Fsp3) is 0.750. The number of aliphatic carboxylic acids is 1. The second kappa shape index (κ2) is 10.6. The highest BCUT2D eigenvalue weighted by Gasteiger charge is 2.33. The molecule has 0 aliphatic rings. The Morgan fingerprint density at radius 2 is 2.06 bits per heavy atom. The van der Waals surface area contributed by atoms with E-state index in [0.717, 1.165) is 6.21 Å². The molecule has 1 atom stereocenters. The van der Waals surface area contributed by atoms with E-state index in [9.17, 15) is 13.6 Å². The summed E-state index contributed by atoms with van der Waals surface area (Å²) in [5.41, 5.74) is 5.00. The normalized spacial score (nSPS) is 11.9. The van der Waals surface area contributed by atoms with Gasteiger partial charge in [-0.25, -0.2) is 8.78 Å². The molecule has 0 spiro atoms. The zero-order valence-corrected chi connectivity index (χ0v) is 10.6. The Morgan fingerprint density at radius 1 is 1.53 bits per heavy atom. The van der Waals surface area contributed by atoms with Crippen LogP contribution < -0.4 is 11.1 Å². The van der Waals surface area contributed by atoms with Gasteiger partial charge in [-0.15, -0.1) is 24.8 Å². The molecular weight excluding hydrogens is 279 g/mol. The van der Waals surface area contributed by atoms with E-state index in [1.165, 1.54) is 0 Å². The monoisotopic (exact) mass is 295 g/mol. The molecule has 0 saturated carbocycles. The van der Waals surface area contributed by atoms with Crippen LogP contribution in [0.5, 0.6) is 0 Å². The van der Waals surface area contributed by atoms with Crippen LogP contribution in [-0.2, 0) is 4.79 Å². The van der Waals surface area contributed by atoms with Crippen LogP contribution in [0, 0.1) is 5.41 Å². The summed E-state index contributed by atoms with van der Waals surface area (Å²) in [6.07, 6.45) is -0.294. The van der Waals surface area contributed by atoms with Gasteiger partial charge in [0.15, 0.2) is 0 Å². The quantitative estimate of drug-likeness (QED) is 0.395. The van der Waals surface area contributed by atoms with E-state index >= 15 is 0 Å². The highest BCUT2D eigenvalue weighted by molar-refractivity contribution is 5.85. The van der Waals surface area contributed by atoms with E-state index in [-0.39, 0.29) is 37.9 Å². The third kappa shape index (κ3) is 11.8. The van der Waals surface area contributed by atoms with Gasteiger partial charge in [0.1, 0.15) is 6.04 Å². The van der Waals surface area contributed by atoms with Crippen LogP contribution in [-0.4, -0.2) is 42.3 Å². The van der Waals surface area contributed by atoms with E-state index in [1.54, 1.807) is 0 Å². The Morgan fingerprint density at radius 3 is 2.47 bits per heavy atom. The molecule has 0 aliphatic heterocycles. The average Bonchev–Trinajstić information content (AvgIpc) is 2.11. The molecule has 0 radical (unpaired) electrons. The van der Waals surface area contributed by atoms with Crippen molar-refractivity contribution in [3.63, 3.8) is 0 Å². The molecule has 0 unspecified atom stereocenters. The van der Waals surface area contributed by atoms with E-state index < -0.39 is 30.8 Å². The summed E-state index contributed by atoms with van der Waals surface area (Å²) in [6, 6.07) is -1.54. The molecule has 0 aromatic carbocycles. The number of alkyl halides is 2. The lowest BCUT2D eigenvalue weighted by Crippen LogP contribution is -2.38. The third-order valence-corrected chi connectivity index (χ3v) is 1.75. The summed E-state index contributed by atoms with van der Waals surface area (Å²) in [5, 5.41) is 17.6. The van der Waals surface area contributed by atoms with Crippen LogP contribution in [0.25, 0.3) is 0 Å². The number of hydrogen-bond acceptors (Lipinski definition) is 4. The van der Waals surface area contributed by atoms with Gasteiger partial charge in [0.25, 0.3) is 5.92 Å². The van der Waals surface area contributed by atoms with Crippen LogP contribution in [0.2, 0.25) is 0 Å². The SMILES string of the molecule is Cl.Cl.N=CCNCCC(F)(F)C[C@H](N)C(=O)O. The molecule has 0 amide bonds. The van der Waals surface area contributed by atoms with Crippen molar-refractivity contribution in [2.24, 2.45) is 5.73 Å². The van der Waals surface area contributed by atoms with Gasteiger partial charge in [-0.3, -0.25) is 4.79 Å². The van der Waals surface area contributed by atoms with Crippen molar-refractivity contribution in [2.45, 2.75) is 24.8 Å². The molecule has 5 nitrogen and oxygen atoms in total. The maximum absolute atomic E-state index is 13.0. The fourth-order valence-corrected chi connectivity index (χ4v) is 0.957. The number of carboxylic acids is 1. The predicted molar refractivity (Wildman–Crippen MR) is 65.9 cm³/mol. The third-order valence-electron chi connectivity index (χ3n) is 1.75. The Balaban J connectivity index is -0.000000980. The van der Waals surface area contributed by atoms with Gasteiger partial charge < -0.3 is 21.6 Å². The van der Waals surface area contributed by atoms with Crippen LogP contribution in [0.4, 0.5) is 8.78 Å². The van der Waals surface area contributed by atoms with Crippen molar-refractivity contribution in [3.8, 4) is 0 Å². The van der Waals surface area contributed by atoms with Crippen LogP contribution in [0.15, 0.2) is 0 Å². The lowest BCUT2D eigenvalue weighted by atomic mass is 10.1. The van der Waals surface area contributed by atoms with Gasteiger partial charge in [-0.05, 0) is 0 Å². The first-order chi connectivity index (χ1) is 6.89. The lowest BCUT2D eigenvalue weighted by molar-refractivity contribution is -0.141. The zero-order valence-electron chi connectivity index (χ0n) is 8.99. The van der Waals surface area contributed by atoms with Gasteiger partial charge in [-0.1, -0.05) is 0 Å². The maximum atomic E-state index is 13.0. The van der Waals surface area contributed by atoms with Gasteiger partial charge in [0.05, 0.1) is 0 Å². The number of rotatable bonds is 8. The molecule has 9 heteroatoms. The minimum atomic E-state index is -3.09. The highest BCUT2D eigenvalue weighted by atomic mass is 35.5. The Hall–Kier alpha value is -0.500. The second-order valence-electron chi connectivity index (χ2n) is 3.16. The molecule has 0 bridgehead atoms. The molecule has 0 fully saturated rings. The minimum Gasteiger partial charge on any atom is -0.480 e. The van der Waals surface area contributed by atoms with Gasteiger partial charge in [0.2, 0.25) is 0 Å². The van der Waals surface area contributed by atoms with E-state index in [4.69, 9.17) is 16.2 Å². The Kier molecular flexibility index (Phi) is 13.6. The number of halogens is 4. The maximum Gasteiger partial charge on any atom is 0.320 e. The summed E-state index contributed by atoms with van der Waals surface area (Å²) >= 11 is 0.